The molecular weight excluding hydrogens is 352 g/mol. The highest BCUT2D eigenvalue weighted by molar-refractivity contribution is 9.10. The number of anilines is 1. The highest BCUT2D eigenvalue weighted by atomic mass is 79.9. The van der Waals surface area contributed by atoms with Crippen molar-refractivity contribution in [1.29, 1.82) is 0 Å². The van der Waals surface area contributed by atoms with Crippen LogP contribution in [-0.4, -0.2) is 5.91 Å². The van der Waals surface area contributed by atoms with Gasteiger partial charge >= 0.3 is 0 Å². The summed E-state index contributed by atoms with van der Waals surface area (Å²) in [7, 11) is 0. The molecule has 0 bridgehead atoms. The van der Waals surface area contributed by atoms with Gasteiger partial charge in [-0.05, 0) is 36.8 Å². The van der Waals surface area contributed by atoms with Crippen molar-refractivity contribution < 1.29 is 13.6 Å². The topological polar surface area (TPSA) is 29.1 Å². The van der Waals surface area contributed by atoms with Gasteiger partial charge in [-0.25, -0.2) is 8.78 Å². The van der Waals surface area contributed by atoms with Gasteiger partial charge in [-0.3, -0.25) is 4.79 Å². The molecule has 1 amide bonds. The lowest BCUT2D eigenvalue weighted by atomic mass is 10.1. The fourth-order valence-corrected chi connectivity index (χ4v) is 2.25. The predicted molar refractivity (Wildman–Crippen MR) is 78.2 cm³/mol. The Morgan fingerprint density at radius 2 is 1.80 bits per heavy atom. The van der Waals surface area contributed by atoms with Gasteiger partial charge in [0.05, 0.1) is 10.7 Å². The van der Waals surface area contributed by atoms with Gasteiger partial charge < -0.3 is 5.32 Å². The average Bonchev–Trinajstić information content (AvgIpc) is 2.32. The molecule has 1 N–H and O–H groups in total. The van der Waals surface area contributed by atoms with E-state index < -0.39 is 23.1 Å². The molecule has 0 aromatic heterocycles. The molecule has 2 aromatic carbocycles. The van der Waals surface area contributed by atoms with E-state index in [2.05, 4.69) is 21.2 Å². The van der Waals surface area contributed by atoms with Crippen LogP contribution in [0.4, 0.5) is 14.5 Å². The first-order chi connectivity index (χ1) is 9.38. The molecule has 2 rings (SSSR count). The fraction of sp³-hybridized carbons (Fsp3) is 0.0714. The summed E-state index contributed by atoms with van der Waals surface area (Å²) in [5.41, 5.74) is 0.519. The molecular formula is C14H9BrClF2NO. The van der Waals surface area contributed by atoms with Gasteiger partial charge in [0, 0.05) is 4.47 Å². The first-order valence-corrected chi connectivity index (χ1v) is 6.77. The van der Waals surface area contributed by atoms with E-state index in [9.17, 15) is 13.6 Å². The predicted octanol–water partition coefficient (Wildman–Crippen LogP) is 4.94. The van der Waals surface area contributed by atoms with Crippen LogP contribution in [0.5, 0.6) is 0 Å². The van der Waals surface area contributed by atoms with Crippen molar-refractivity contribution in [2.75, 3.05) is 5.32 Å². The molecule has 0 heterocycles. The Morgan fingerprint density at radius 3 is 2.40 bits per heavy atom. The van der Waals surface area contributed by atoms with Crippen LogP contribution in [0.15, 0.2) is 34.8 Å². The zero-order valence-electron chi connectivity index (χ0n) is 10.3. The van der Waals surface area contributed by atoms with Crippen LogP contribution in [0, 0.1) is 18.6 Å². The zero-order chi connectivity index (χ0) is 14.9. The quantitative estimate of drug-likeness (QED) is 0.807. The average molecular weight is 361 g/mol. The highest BCUT2D eigenvalue weighted by Crippen LogP contribution is 2.25. The third kappa shape index (κ3) is 3.16. The van der Waals surface area contributed by atoms with Crippen LogP contribution in [0.2, 0.25) is 5.02 Å². The second-order valence-corrected chi connectivity index (χ2v) is 5.50. The minimum absolute atomic E-state index is 0.220. The van der Waals surface area contributed by atoms with Crippen molar-refractivity contribution in [3.05, 3.63) is 62.6 Å². The second kappa shape index (κ2) is 5.89. The number of benzene rings is 2. The van der Waals surface area contributed by atoms with E-state index in [0.717, 1.165) is 17.7 Å². The van der Waals surface area contributed by atoms with Crippen molar-refractivity contribution in [1.82, 2.24) is 0 Å². The summed E-state index contributed by atoms with van der Waals surface area (Å²) >= 11 is 8.87. The third-order valence-electron chi connectivity index (χ3n) is 2.60. The number of aryl methyl sites for hydroxylation is 1. The molecule has 0 aliphatic heterocycles. The molecule has 20 heavy (non-hydrogen) atoms. The van der Waals surface area contributed by atoms with E-state index in [0.29, 0.717) is 10.7 Å². The van der Waals surface area contributed by atoms with E-state index in [1.165, 1.54) is 0 Å². The number of rotatable bonds is 2. The molecule has 0 saturated heterocycles. The Morgan fingerprint density at radius 1 is 1.20 bits per heavy atom. The maximum absolute atomic E-state index is 13.7. The molecule has 0 unspecified atom stereocenters. The van der Waals surface area contributed by atoms with E-state index >= 15 is 0 Å². The van der Waals surface area contributed by atoms with E-state index in [4.69, 9.17) is 11.6 Å². The minimum Gasteiger partial charge on any atom is -0.320 e. The summed E-state index contributed by atoms with van der Waals surface area (Å²) in [6.45, 7) is 1.81. The first-order valence-electron chi connectivity index (χ1n) is 5.60. The monoisotopic (exact) mass is 359 g/mol. The SMILES string of the molecule is Cc1ccc(Cl)c(NC(=O)c2c(F)cc(Br)cc2F)c1. The molecule has 0 radical (unpaired) electrons. The van der Waals surface area contributed by atoms with Gasteiger partial charge in [0.25, 0.3) is 5.91 Å². The van der Waals surface area contributed by atoms with E-state index in [1.54, 1.807) is 18.2 Å². The second-order valence-electron chi connectivity index (χ2n) is 4.18. The molecule has 2 nitrogen and oxygen atoms in total. The van der Waals surface area contributed by atoms with Crippen LogP contribution in [0.1, 0.15) is 15.9 Å². The Labute approximate surface area is 127 Å². The van der Waals surface area contributed by atoms with Gasteiger partial charge in [-0.2, -0.15) is 0 Å². The number of nitrogens with one attached hydrogen (secondary N) is 1. The van der Waals surface area contributed by atoms with Gasteiger partial charge in [0.15, 0.2) is 0 Å². The highest BCUT2D eigenvalue weighted by Gasteiger charge is 2.19. The molecule has 0 spiro atoms. The summed E-state index contributed by atoms with van der Waals surface area (Å²) in [6, 6.07) is 7.03. The van der Waals surface area contributed by atoms with Crippen molar-refractivity contribution in [3.63, 3.8) is 0 Å². The Kier molecular flexibility index (Phi) is 4.40. The number of halogens is 4. The van der Waals surface area contributed by atoms with Gasteiger partial charge in [0.1, 0.15) is 17.2 Å². The maximum atomic E-state index is 13.7. The first kappa shape index (κ1) is 14.9. The number of carbonyl (C=O) groups is 1. The normalized spacial score (nSPS) is 10.4. The van der Waals surface area contributed by atoms with Gasteiger partial charge in [-0.15, -0.1) is 0 Å². The third-order valence-corrected chi connectivity index (χ3v) is 3.39. The molecule has 2 aromatic rings. The lowest BCUT2D eigenvalue weighted by Gasteiger charge is -2.09. The Hall–Kier alpha value is -1.46. The molecule has 0 fully saturated rings. The van der Waals surface area contributed by atoms with Gasteiger partial charge in [-0.1, -0.05) is 33.6 Å². The van der Waals surface area contributed by atoms with Crippen LogP contribution < -0.4 is 5.32 Å². The number of amides is 1. The summed E-state index contributed by atoms with van der Waals surface area (Å²) in [5.74, 6) is -2.78. The largest absolute Gasteiger partial charge is 0.320 e. The van der Waals surface area contributed by atoms with Gasteiger partial charge in [0.2, 0.25) is 0 Å². The van der Waals surface area contributed by atoms with Crippen molar-refractivity contribution in [2.24, 2.45) is 0 Å². The summed E-state index contributed by atoms with van der Waals surface area (Å²) in [6.07, 6.45) is 0. The smallest absolute Gasteiger partial charge is 0.261 e. The molecule has 0 aliphatic carbocycles. The van der Waals surface area contributed by atoms with Crippen molar-refractivity contribution in [3.8, 4) is 0 Å². The minimum atomic E-state index is -0.946. The standard InChI is InChI=1S/C14H9BrClF2NO/c1-7-2-3-9(16)12(4-7)19-14(20)13-10(17)5-8(15)6-11(13)18/h2-6H,1H3,(H,19,20). The maximum Gasteiger partial charge on any atom is 0.261 e. The lowest BCUT2D eigenvalue weighted by molar-refractivity contribution is 0.101. The zero-order valence-corrected chi connectivity index (χ0v) is 12.6. The Balaban J connectivity index is 2.36. The van der Waals surface area contributed by atoms with Crippen LogP contribution in [0.3, 0.4) is 0 Å². The molecule has 0 aliphatic rings. The lowest BCUT2D eigenvalue weighted by Crippen LogP contribution is -2.16. The molecule has 0 saturated carbocycles. The number of carbonyl (C=O) groups excluding carboxylic acids is 1. The fourth-order valence-electron chi connectivity index (χ4n) is 1.68. The molecule has 6 heteroatoms. The van der Waals surface area contributed by atoms with Crippen molar-refractivity contribution >= 4 is 39.1 Å². The molecule has 104 valence electrons. The van der Waals surface area contributed by atoms with E-state index in [1.807, 2.05) is 6.92 Å². The summed E-state index contributed by atoms with van der Waals surface area (Å²) in [5, 5.41) is 2.70. The van der Waals surface area contributed by atoms with Crippen LogP contribution in [0.25, 0.3) is 0 Å². The van der Waals surface area contributed by atoms with Crippen LogP contribution >= 0.6 is 27.5 Å². The Bertz CT molecular complexity index is 668. The number of hydrogen-bond donors (Lipinski definition) is 1. The van der Waals surface area contributed by atoms with E-state index in [-0.39, 0.29) is 4.47 Å². The molecule has 0 atom stereocenters. The van der Waals surface area contributed by atoms with Crippen molar-refractivity contribution in [2.45, 2.75) is 6.92 Å². The number of hydrogen-bond acceptors (Lipinski definition) is 1. The summed E-state index contributed by atoms with van der Waals surface area (Å²) < 4.78 is 27.6. The van der Waals surface area contributed by atoms with Crippen LogP contribution in [-0.2, 0) is 0 Å². The summed E-state index contributed by atoms with van der Waals surface area (Å²) in [4.78, 5) is 12.0.